The van der Waals surface area contributed by atoms with Crippen LogP contribution in [0.15, 0.2) is 41.2 Å². The monoisotopic (exact) mass is 488 g/mol. The number of benzene rings is 1. The largest absolute Gasteiger partial charge is 0.387 e. The number of thiophene rings is 1. The lowest BCUT2D eigenvalue weighted by Crippen LogP contribution is -2.40. The first-order valence-corrected chi connectivity index (χ1v) is 11.9. The Morgan fingerprint density at radius 1 is 1.24 bits per heavy atom. The molecule has 0 saturated carbocycles. The van der Waals surface area contributed by atoms with Gasteiger partial charge in [-0.2, -0.15) is 9.97 Å². The van der Waals surface area contributed by atoms with Gasteiger partial charge < -0.3 is 10.0 Å². The molecule has 2 aromatic heterocycles. The summed E-state index contributed by atoms with van der Waals surface area (Å²) in [6.07, 6.45) is 0.968. The van der Waals surface area contributed by atoms with E-state index in [0.29, 0.717) is 30.1 Å². The SMILES string of the molecule is Cc1nc(N2CC=C(c3ccc(F)c(Cl)c3)C(O)C2)nc(=O)n1Cc1ccc(C(C)(C)C)s1. The van der Waals surface area contributed by atoms with Crippen LogP contribution >= 0.6 is 22.9 Å². The van der Waals surface area contributed by atoms with Crippen molar-refractivity contribution in [3.63, 3.8) is 0 Å². The van der Waals surface area contributed by atoms with Crippen molar-refractivity contribution < 1.29 is 9.50 Å². The predicted molar refractivity (Wildman–Crippen MR) is 131 cm³/mol. The zero-order valence-electron chi connectivity index (χ0n) is 19.0. The standard InChI is InChI=1S/C24H26ClFN4O2S/c1-14-27-22(28-23(32)30(14)12-16-6-8-21(33-16)24(2,3)4)29-10-9-17(20(31)13-29)15-5-7-19(26)18(25)11-15/h5-9,11,20,31H,10,12-13H2,1-4H3. The van der Waals surface area contributed by atoms with Crippen LogP contribution < -0.4 is 10.6 Å². The Kier molecular flexibility index (Phi) is 6.44. The second-order valence-electron chi connectivity index (χ2n) is 9.16. The maximum absolute atomic E-state index is 13.5. The van der Waals surface area contributed by atoms with Crippen molar-refractivity contribution in [1.82, 2.24) is 14.5 Å². The topological polar surface area (TPSA) is 71.2 Å². The van der Waals surface area contributed by atoms with E-state index in [9.17, 15) is 14.3 Å². The minimum Gasteiger partial charge on any atom is -0.387 e. The van der Waals surface area contributed by atoms with Gasteiger partial charge in [-0.3, -0.25) is 4.57 Å². The third-order valence-electron chi connectivity index (χ3n) is 5.61. The molecule has 1 N–H and O–H groups in total. The molecule has 4 rings (SSSR count). The Labute approximate surface area is 201 Å². The lowest BCUT2D eigenvalue weighted by atomic mass is 9.95. The molecule has 3 aromatic rings. The van der Waals surface area contributed by atoms with Crippen LogP contribution in [-0.2, 0) is 12.0 Å². The van der Waals surface area contributed by atoms with E-state index in [4.69, 9.17) is 11.6 Å². The van der Waals surface area contributed by atoms with Gasteiger partial charge in [0.2, 0.25) is 5.95 Å². The van der Waals surface area contributed by atoms with Crippen LogP contribution in [0.3, 0.4) is 0 Å². The van der Waals surface area contributed by atoms with E-state index >= 15 is 0 Å². The molecule has 9 heteroatoms. The summed E-state index contributed by atoms with van der Waals surface area (Å²) < 4.78 is 15.0. The molecule has 1 aromatic carbocycles. The summed E-state index contributed by atoms with van der Waals surface area (Å²) in [4.78, 5) is 25.6. The molecule has 33 heavy (non-hydrogen) atoms. The highest BCUT2D eigenvalue weighted by molar-refractivity contribution is 7.12. The summed E-state index contributed by atoms with van der Waals surface area (Å²) in [5.74, 6) is 0.335. The third kappa shape index (κ3) is 5.03. The third-order valence-corrected chi connectivity index (χ3v) is 7.40. The number of aromatic nitrogens is 3. The number of hydrogen-bond acceptors (Lipinski definition) is 6. The van der Waals surface area contributed by atoms with Crippen LogP contribution in [-0.4, -0.2) is 38.8 Å². The number of halogens is 2. The number of aliphatic hydroxyl groups excluding tert-OH is 1. The fourth-order valence-electron chi connectivity index (χ4n) is 3.74. The Bertz CT molecular complexity index is 1280. The van der Waals surface area contributed by atoms with Crippen molar-refractivity contribution in [3.05, 3.63) is 78.9 Å². The van der Waals surface area contributed by atoms with E-state index in [2.05, 4.69) is 36.8 Å². The van der Waals surface area contributed by atoms with Gasteiger partial charge in [-0.05, 0) is 47.7 Å². The molecular weight excluding hydrogens is 463 g/mol. The molecular formula is C24H26ClFN4O2S. The fraction of sp³-hybridized carbons (Fsp3) is 0.375. The average molecular weight is 489 g/mol. The Hall–Kier alpha value is -2.55. The fourth-order valence-corrected chi connectivity index (χ4v) is 4.97. The average Bonchev–Trinajstić information content (AvgIpc) is 3.22. The molecule has 174 valence electrons. The Balaban J connectivity index is 1.55. The first-order valence-electron chi connectivity index (χ1n) is 10.7. The summed E-state index contributed by atoms with van der Waals surface area (Å²) in [6, 6.07) is 8.51. The molecule has 1 aliphatic heterocycles. The summed E-state index contributed by atoms with van der Waals surface area (Å²) in [6.45, 7) is 9.31. The van der Waals surface area contributed by atoms with Crippen LogP contribution in [0.25, 0.3) is 5.57 Å². The highest BCUT2D eigenvalue weighted by atomic mass is 35.5. The van der Waals surface area contributed by atoms with Gasteiger partial charge in [0.15, 0.2) is 0 Å². The van der Waals surface area contributed by atoms with Crippen LogP contribution in [0.1, 0.15) is 41.9 Å². The van der Waals surface area contributed by atoms with Gasteiger partial charge in [-0.25, -0.2) is 9.18 Å². The van der Waals surface area contributed by atoms with Gasteiger partial charge in [-0.1, -0.05) is 44.5 Å². The van der Waals surface area contributed by atoms with Gasteiger partial charge in [0.05, 0.1) is 24.2 Å². The van der Waals surface area contributed by atoms with Gasteiger partial charge in [0.25, 0.3) is 0 Å². The van der Waals surface area contributed by atoms with Gasteiger partial charge in [0, 0.05) is 16.3 Å². The molecule has 1 unspecified atom stereocenters. The molecule has 0 fully saturated rings. The van der Waals surface area contributed by atoms with Crippen LogP contribution in [0.5, 0.6) is 0 Å². The molecule has 0 radical (unpaired) electrons. The van der Waals surface area contributed by atoms with E-state index in [1.807, 2.05) is 12.1 Å². The summed E-state index contributed by atoms with van der Waals surface area (Å²) >= 11 is 7.57. The minimum atomic E-state index is -0.853. The lowest BCUT2D eigenvalue weighted by molar-refractivity contribution is 0.233. The summed E-state index contributed by atoms with van der Waals surface area (Å²) in [5.41, 5.74) is 0.999. The molecule has 1 atom stereocenters. The second kappa shape index (κ2) is 9.00. The summed E-state index contributed by atoms with van der Waals surface area (Å²) in [7, 11) is 0. The highest BCUT2D eigenvalue weighted by Gasteiger charge is 2.25. The highest BCUT2D eigenvalue weighted by Crippen LogP contribution is 2.30. The predicted octanol–water partition coefficient (Wildman–Crippen LogP) is 4.41. The molecule has 0 amide bonds. The minimum absolute atomic E-state index is 0.00552. The number of hydrogen-bond donors (Lipinski definition) is 1. The Morgan fingerprint density at radius 3 is 2.61 bits per heavy atom. The smallest absolute Gasteiger partial charge is 0.352 e. The number of aryl methyl sites for hydroxylation is 1. The lowest BCUT2D eigenvalue weighted by Gasteiger charge is -2.30. The molecule has 0 aliphatic carbocycles. The maximum Gasteiger partial charge on any atom is 0.352 e. The molecule has 0 spiro atoms. The van der Waals surface area contributed by atoms with Crippen molar-refractivity contribution in [2.45, 2.75) is 45.8 Å². The number of rotatable bonds is 4. The van der Waals surface area contributed by atoms with Gasteiger partial charge in [-0.15, -0.1) is 11.3 Å². The van der Waals surface area contributed by atoms with Crippen molar-refractivity contribution in [3.8, 4) is 0 Å². The molecule has 3 heterocycles. The van der Waals surface area contributed by atoms with E-state index in [1.165, 1.54) is 17.0 Å². The maximum atomic E-state index is 13.5. The molecule has 0 bridgehead atoms. The number of β-amino-alcohol motifs (C(OH)–C–C–N with tert-alkyl or cyclic N) is 1. The van der Waals surface area contributed by atoms with Crippen LogP contribution in [0, 0.1) is 12.7 Å². The van der Waals surface area contributed by atoms with E-state index in [0.717, 1.165) is 4.88 Å². The van der Waals surface area contributed by atoms with Crippen LogP contribution in [0.2, 0.25) is 5.02 Å². The van der Waals surface area contributed by atoms with Crippen molar-refractivity contribution in [2.75, 3.05) is 18.0 Å². The zero-order valence-corrected chi connectivity index (χ0v) is 20.5. The number of nitrogens with zero attached hydrogens (tertiary/aromatic N) is 4. The van der Waals surface area contributed by atoms with Crippen LogP contribution in [0.4, 0.5) is 10.3 Å². The van der Waals surface area contributed by atoms with Crippen molar-refractivity contribution >= 4 is 34.5 Å². The van der Waals surface area contributed by atoms with Gasteiger partial charge >= 0.3 is 5.69 Å². The summed E-state index contributed by atoms with van der Waals surface area (Å²) in [5, 5.41) is 10.7. The molecule has 0 saturated heterocycles. The van der Waals surface area contributed by atoms with E-state index < -0.39 is 11.9 Å². The quantitative estimate of drug-likeness (QED) is 0.589. The van der Waals surface area contributed by atoms with Crippen molar-refractivity contribution in [1.29, 1.82) is 0 Å². The van der Waals surface area contributed by atoms with E-state index in [-0.39, 0.29) is 28.6 Å². The number of anilines is 1. The first-order chi connectivity index (χ1) is 15.5. The second-order valence-corrected chi connectivity index (χ2v) is 10.7. The van der Waals surface area contributed by atoms with Gasteiger partial charge in [0.1, 0.15) is 11.6 Å². The normalized spacial score (nSPS) is 16.8. The number of aliphatic hydroxyl groups is 1. The zero-order chi connectivity index (χ0) is 23.9. The molecule has 6 nitrogen and oxygen atoms in total. The molecule has 1 aliphatic rings. The van der Waals surface area contributed by atoms with Crippen molar-refractivity contribution in [2.24, 2.45) is 0 Å². The van der Waals surface area contributed by atoms with E-state index in [1.54, 1.807) is 33.8 Å². The Morgan fingerprint density at radius 2 is 2.00 bits per heavy atom. The first kappa shape index (κ1) is 23.6.